The average Bonchev–Trinajstić information content (AvgIpc) is 2.58. The zero-order chi connectivity index (χ0) is 17.5. The van der Waals surface area contributed by atoms with Crippen LogP contribution in [0.15, 0.2) is 60.7 Å². The number of carbonyl (C=O) groups is 1. The molecule has 0 bridgehead atoms. The van der Waals surface area contributed by atoms with Gasteiger partial charge in [-0.2, -0.15) is 0 Å². The third kappa shape index (κ3) is 4.93. The monoisotopic (exact) mass is 325 g/mol. The molecule has 2 aromatic carbocycles. The van der Waals surface area contributed by atoms with Crippen molar-refractivity contribution in [2.24, 2.45) is 5.92 Å². The van der Waals surface area contributed by atoms with Crippen LogP contribution >= 0.6 is 0 Å². The van der Waals surface area contributed by atoms with E-state index in [4.69, 9.17) is 0 Å². The lowest BCUT2D eigenvalue weighted by Gasteiger charge is -2.35. The van der Waals surface area contributed by atoms with Crippen LogP contribution in [0, 0.1) is 5.92 Å². The van der Waals surface area contributed by atoms with E-state index in [1.807, 2.05) is 36.4 Å². The summed E-state index contributed by atoms with van der Waals surface area (Å²) in [6.07, 6.45) is 0.638. The molecular weight excluding hydrogens is 298 g/mol. The lowest BCUT2D eigenvalue weighted by atomic mass is 9.97. The van der Waals surface area contributed by atoms with Crippen molar-refractivity contribution in [3.8, 4) is 0 Å². The van der Waals surface area contributed by atoms with Gasteiger partial charge in [0.05, 0.1) is 0 Å². The van der Waals surface area contributed by atoms with Gasteiger partial charge < -0.3 is 5.11 Å². The summed E-state index contributed by atoms with van der Waals surface area (Å²) in [5, 5.41) is 9.82. The molecule has 0 fully saturated rings. The van der Waals surface area contributed by atoms with Crippen LogP contribution in [0.2, 0.25) is 0 Å². The third-order valence-corrected chi connectivity index (χ3v) is 4.37. The molecule has 0 amide bonds. The van der Waals surface area contributed by atoms with Crippen molar-refractivity contribution in [1.29, 1.82) is 0 Å². The molecule has 2 rings (SSSR count). The van der Waals surface area contributed by atoms with E-state index < -0.39 is 12.0 Å². The quantitative estimate of drug-likeness (QED) is 0.761. The summed E-state index contributed by atoms with van der Waals surface area (Å²) in [5.41, 5.74) is 2.28. The second-order valence-electron chi connectivity index (χ2n) is 6.73. The summed E-state index contributed by atoms with van der Waals surface area (Å²) in [6.45, 7) is 6.86. The van der Waals surface area contributed by atoms with Gasteiger partial charge in [0.2, 0.25) is 0 Å². The van der Waals surface area contributed by atoms with Gasteiger partial charge in [0.15, 0.2) is 0 Å². The Bertz CT molecular complexity index is 625. The second kappa shape index (κ2) is 8.65. The third-order valence-electron chi connectivity index (χ3n) is 4.37. The van der Waals surface area contributed by atoms with Gasteiger partial charge in [0.25, 0.3) is 0 Å². The van der Waals surface area contributed by atoms with Gasteiger partial charge in [-0.1, -0.05) is 74.5 Å². The Morgan fingerprint density at radius 2 is 1.50 bits per heavy atom. The summed E-state index contributed by atoms with van der Waals surface area (Å²) in [4.78, 5) is 14.1. The van der Waals surface area contributed by atoms with E-state index in [2.05, 4.69) is 49.9 Å². The van der Waals surface area contributed by atoms with Crippen LogP contribution in [-0.4, -0.2) is 22.0 Å². The molecule has 0 aromatic heterocycles. The van der Waals surface area contributed by atoms with Crippen LogP contribution in [0.4, 0.5) is 0 Å². The Kier molecular flexibility index (Phi) is 6.56. The van der Waals surface area contributed by atoms with Crippen molar-refractivity contribution < 1.29 is 9.90 Å². The van der Waals surface area contributed by atoms with Crippen molar-refractivity contribution in [2.75, 3.05) is 0 Å². The molecule has 0 saturated carbocycles. The Labute approximate surface area is 144 Å². The maximum absolute atomic E-state index is 12.0. The van der Waals surface area contributed by atoms with Gasteiger partial charge >= 0.3 is 5.97 Å². The van der Waals surface area contributed by atoms with E-state index in [1.165, 1.54) is 0 Å². The van der Waals surface area contributed by atoms with Gasteiger partial charge in [0.1, 0.15) is 6.04 Å². The molecule has 2 atom stereocenters. The highest BCUT2D eigenvalue weighted by Gasteiger charge is 2.30. The van der Waals surface area contributed by atoms with Crippen molar-refractivity contribution in [1.82, 2.24) is 4.90 Å². The summed E-state index contributed by atoms with van der Waals surface area (Å²) in [6, 6.07) is 19.8. The summed E-state index contributed by atoms with van der Waals surface area (Å²) in [7, 11) is 0. The van der Waals surface area contributed by atoms with E-state index in [1.54, 1.807) is 0 Å². The van der Waals surface area contributed by atoms with Crippen LogP contribution in [0.25, 0.3) is 0 Å². The number of nitrogens with zero attached hydrogens (tertiary/aromatic N) is 1. The molecule has 3 heteroatoms. The van der Waals surface area contributed by atoms with Crippen molar-refractivity contribution >= 4 is 5.97 Å². The van der Waals surface area contributed by atoms with E-state index in [0.29, 0.717) is 18.9 Å². The van der Waals surface area contributed by atoms with Crippen molar-refractivity contribution in [3.63, 3.8) is 0 Å². The average molecular weight is 325 g/mol. The molecule has 3 nitrogen and oxygen atoms in total. The standard InChI is InChI=1S/C21H27NO2/c1-16(2)14-20(21(23)24)22(15-18-10-6-4-7-11-18)17(3)19-12-8-5-9-13-19/h4-13,16-17,20H,14-15H2,1-3H3,(H,23,24)/t17-,20-/m1/s1. The normalized spacial score (nSPS) is 13.9. The van der Waals surface area contributed by atoms with Gasteiger partial charge in [0, 0.05) is 12.6 Å². The molecule has 0 saturated heterocycles. The Hall–Kier alpha value is -2.13. The number of rotatable bonds is 8. The smallest absolute Gasteiger partial charge is 0.320 e. The molecule has 0 aliphatic heterocycles. The fourth-order valence-electron chi connectivity index (χ4n) is 3.06. The van der Waals surface area contributed by atoms with Gasteiger partial charge in [-0.15, -0.1) is 0 Å². The zero-order valence-corrected chi connectivity index (χ0v) is 14.7. The van der Waals surface area contributed by atoms with Gasteiger partial charge in [-0.05, 0) is 30.4 Å². The molecule has 2 aromatic rings. The lowest BCUT2D eigenvalue weighted by molar-refractivity contribution is -0.145. The second-order valence-corrected chi connectivity index (χ2v) is 6.73. The lowest BCUT2D eigenvalue weighted by Crippen LogP contribution is -2.43. The predicted octanol–water partition coefficient (Wildman–Crippen LogP) is 4.75. The number of benzene rings is 2. The number of aliphatic carboxylic acids is 1. The Morgan fingerprint density at radius 1 is 0.958 bits per heavy atom. The van der Waals surface area contributed by atoms with Crippen LogP contribution in [0.1, 0.15) is 44.4 Å². The summed E-state index contributed by atoms with van der Waals surface area (Å²) < 4.78 is 0. The van der Waals surface area contributed by atoms with Crippen molar-refractivity contribution in [2.45, 2.75) is 45.8 Å². The maximum atomic E-state index is 12.0. The van der Waals surface area contributed by atoms with Crippen LogP contribution < -0.4 is 0 Å². The van der Waals surface area contributed by atoms with Crippen LogP contribution in [0.5, 0.6) is 0 Å². The minimum atomic E-state index is -0.748. The number of carboxylic acid groups (broad SMARTS) is 1. The van der Waals surface area contributed by atoms with Crippen LogP contribution in [-0.2, 0) is 11.3 Å². The molecule has 0 radical (unpaired) electrons. The highest BCUT2D eigenvalue weighted by Crippen LogP contribution is 2.27. The first-order valence-electron chi connectivity index (χ1n) is 8.56. The van der Waals surface area contributed by atoms with E-state index >= 15 is 0 Å². The van der Waals surface area contributed by atoms with Gasteiger partial charge in [-0.3, -0.25) is 9.69 Å². The van der Waals surface area contributed by atoms with E-state index in [0.717, 1.165) is 11.1 Å². The number of hydrogen-bond acceptors (Lipinski definition) is 2. The molecule has 0 unspecified atom stereocenters. The number of hydrogen-bond donors (Lipinski definition) is 1. The molecule has 0 spiro atoms. The van der Waals surface area contributed by atoms with Crippen molar-refractivity contribution in [3.05, 3.63) is 71.8 Å². The first-order chi connectivity index (χ1) is 11.5. The van der Waals surface area contributed by atoms with E-state index in [-0.39, 0.29) is 6.04 Å². The minimum Gasteiger partial charge on any atom is -0.480 e. The summed E-state index contributed by atoms with van der Waals surface area (Å²) >= 11 is 0. The topological polar surface area (TPSA) is 40.5 Å². The fourth-order valence-corrected chi connectivity index (χ4v) is 3.06. The SMILES string of the molecule is CC(C)C[C@H](C(=O)O)N(Cc1ccccc1)[C@H](C)c1ccccc1. The van der Waals surface area contributed by atoms with Gasteiger partial charge in [-0.25, -0.2) is 0 Å². The predicted molar refractivity (Wildman–Crippen MR) is 97.7 cm³/mol. The Morgan fingerprint density at radius 3 is 2.00 bits per heavy atom. The summed E-state index contributed by atoms with van der Waals surface area (Å²) in [5.74, 6) is -0.422. The first kappa shape index (κ1) is 18.2. The zero-order valence-electron chi connectivity index (χ0n) is 14.7. The molecule has 0 heterocycles. The highest BCUT2D eigenvalue weighted by molar-refractivity contribution is 5.73. The molecular formula is C21H27NO2. The minimum absolute atomic E-state index is 0.0336. The fraction of sp³-hybridized carbons (Fsp3) is 0.381. The van der Waals surface area contributed by atoms with Crippen LogP contribution in [0.3, 0.4) is 0 Å². The molecule has 24 heavy (non-hydrogen) atoms. The molecule has 0 aliphatic carbocycles. The maximum Gasteiger partial charge on any atom is 0.320 e. The molecule has 1 N–H and O–H groups in total. The largest absolute Gasteiger partial charge is 0.480 e. The first-order valence-corrected chi connectivity index (χ1v) is 8.56. The molecule has 128 valence electrons. The Balaban J connectivity index is 2.33. The number of carboxylic acids is 1. The molecule has 0 aliphatic rings. The van der Waals surface area contributed by atoms with E-state index in [9.17, 15) is 9.90 Å². The highest BCUT2D eigenvalue weighted by atomic mass is 16.4.